The second-order valence-electron chi connectivity index (χ2n) is 5.78. The highest BCUT2D eigenvalue weighted by Crippen LogP contribution is 2.35. The van der Waals surface area contributed by atoms with Gasteiger partial charge in [0.2, 0.25) is 0 Å². The predicted molar refractivity (Wildman–Crippen MR) is 82.5 cm³/mol. The highest BCUT2D eigenvalue weighted by atomic mass is 35.5. The smallest absolute Gasteiger partial charge is 0.310 e. The molecular weight excluding hydrogens is 290 g/mol. The Bertz CT molecular complexity index is 529. The van der Waals surface area contributed by atoms with Crippen LogP contribution in [0.2, 0.25) is 5.02 Å². The van der Waals surface area contributed by atoms with Crippen LogP contribution in [0.5, 0.6) is 0 Å². The first-order valence-corrected chi connectivity index (χ1v) is 8.05. The van der Waals surface area contributed by atoms with Crippen molar-refractivity contribution in [3.63, 3.8) is 0 Å². The topological polar surface area (TPSA) is 58.4 Å². The van der Waals surface area contributed by atoms with E-state index < -0.39 is 11.4 Å². The van der Waals surface area contributed by atoms with Crippen LogP contribution in [-0.2, 0) is 24.3 Å². The summed E-state index contributed by atoms with van der Waals surface area (Å²) in [7, 11) is 0. The van der Waals surface area contributed by atoms with E-state index in [1.54, 1.807) is 0 Å². The summed E-state index contributed by atoms with van der Waals surface area (Å²) in [5.41, 5.74) is 1.33. The maximum Gasteiger partial charge on any atom is 0.310 e. The zero-order valence-corrected chi connectivity index (χ0v) is 13.8. The average Bonchev–Trinajstić information content (AvgIpc) is 3.03. The van der Waals surface area contributed by atoms with Crippen molar-refractivity contribution in [3.8, 4) is 0 Å². The molecule has 0 saturated carbocycles. The van der Waals surface area contributed by atoms with Gasteiger partial charge in [0.05, 0.1) is 21.8 Å². The summed E-state index contributed by atoms with van der Waals surface area (Å²) in [5.74, 6) is -0.683. The minimum absolute atomic E-state index is 0.589. The molecular formula is C15H24ClN3O2. The van der Waals surface area contributed by atoms with Crippen LogP contribution in [0.25, 0.3) is 0 Å². The minimum atomic E-state index is -0.683. The zero-order chi connectivity index (χ0) is 15.6. The van der Waals surface area contributed by atoms with Gasteiger partial charge in [-0.2, -0.15) is 5.10 Å². The Labute approximate surface area is 130 Å². The quantitative estimate of drug-likeness (QED) is 0.877. The van der Waals surface area contributed by atoms with Crippen LogP contribution in [-0.4, -0.2) is 38.8 Å². The highest BCUT2D eigenvalue weighted by Gasteiger charge is 2.43. The van der Waals surface area contributed by atoms with Crippen LogP contribution in [0.15, 0.2) is 0 Å². The maximum atomic E-state index is 11.5. The van der Waals surface area contributed by atoms with Crippen molar-refractivity contribution in [3.05, 3.63) is 16.4 Å². The van der Waals surface area contributed by atoms with E-state index in [0.29, 0.717) is 25.9 Å². The number of carbonyl (C=O) groups is 1. The number of carboxylic acids is 1. The molecule has 0 aliphatic carbocycles. The number of halogens is 1. The molecule has 1 atom stereocenters. The molecule has 1 aromatic rings. The Balaban J connectivity index is 2.17. The van der Waals surface area contributed by atoms with Gasteiger partial charge in [-0.15, -0.1) is 0 Å². The molecule has 118 valence electrons. The number of aromatic nitrogens is 2. The Kier molecular flexibility index (Phi) is 4.94. The summed E-state index contributed by atoms with van der Waals surface area (Å²) >= 11 is 6.43. The van der Waals surface area contributed by atoms with Gasteiger partial charge in [-0.25, -0.2) is 0 Å². The summed E-state index contributed by atoms with van der Waals surface area (Å²) in [6, 6.07) is 0. The van der Waals surface area contributed by atoms with Crippen LogP contribution in [0.1, 0.15) is 45.0 Å². The first-order valence-electron chi connectivity index (χ1n) is 7.67. The van der Waals surface area contributed by atoms with Crippen molar-refractivity contribution in [1.82, 2.24) is 14.7 Å². The third-order valence-electron chi connectivity index (χ3n) is 4.63. The molecule has 0 radical (unpaired) electrons. The molecule has 0 amide bonds. The van der Waals surface area contributed by atoms with E-state index in [1.807, 2.05) is 25.5 Å². The SMILES string of the molecule is CCc1nn(CC)c(CN2CCC(CC)(C(=O)O)C2)c1Cl. The largest absolute Gasteiger partial charge is 0.481 e. The molecule has 1 unspecified atom stereocenters. The second-order valence-corrected chi connectivity index (χ2v) is 6.15. The average molecular weight is 314 g/mol. The van der Waals surface area contributed by atoms with Crippen molar-refractivity contribution >= 4 is 17.6 Å². The van der Waals surface area contributed by atoms with Crippen LogP contribution >= 0.6 is 11.6 Å². The van der Waals surface area contributed by atoms with Crippen LogP contribution in [0, 0.1) is 5.41 Å². The summed E-state index contributed by atoms with van der Waals surface area (Å²) in [5, 5.41) is 14.7. The van der Waals surface area contributed by atoms with Gasteiger partial charge in [0, 0.05) is 19.6 Å². The molecule has 0 spiro atoms. The lowest BCUT2D eigenvalue weighted by molar-refractivity contribution is -0.148. The Morgan fingerprint density at radius 2 is 2.14 bits per heavy atom. The molecule has 1 fully saturated rings. The lowest BCUT2D eigenvalue weighted by atomic mass is 9.84. The molecule has 1 aliphatic rings. The number of aryl methyl sites for hydroxylation is 2. The molecule has 1 saturated heterocycles. The van der Waals surface area contributed by atoms with Crippen LogP contribution in [0.4, 0.5) is 0 Å². The van der Waals surface area contributed by atoms with Crippen LogP contribution < -0.4 is 0 Å². The first-order chi connectivity index (χ1) is 9.97. The first kappa shape index (κ1) is 16.3. The molecule has 21 heavy (non-hydrogen) atoms. The summed E-state index contributed by atoms with van der Waals surface area (Å²) in [6.07, 6.45) is 2.18. The summed E-state index contributed by atoms with van der Waals surface area (Å²) in [4.78, 5) is 13.7. The van der Waals surface area contributed by atoms with E-state index in [1.165, 1.54) is 0 Å². The van der Waals surface area contributed by atoms with E-state index in [-0.39, 0.29) is 0 Å². The molecule has 6 heteroatoms. The third-order valence-corrected chi connectivity index (χ3v) is 5.07. The van der Waals surface area contributed by atoms with Crippen molar-refractivity contribution in [1.29, 1.82) is 0 Å². The monoisotopic (exact) mass is 313 g/mol. The van der Waals surface area contributed by atoms with Gasteiger partial charge in [-0.3, -0.25) is 14.4 Å². The van der Waals surface area contributed by atoms with E-state index in [9.17, 15) is 9.90 Å². The molecule has 1 N–H and O–H groups in total. The third kappa shape index (κ3) is 2.94. The van der Waals surface area contributed by atoms with E-state index in [0.717, 1.165) is 35.9 Å². The lowest BCUT2D eigenvalue weighted by Crippen LogP contribution is -2.34. The number of hydrogen-bond donors (Lipinski definition) is 1. The molecule has 1 aliphatic heterocycles. The molecule has 0 aromatic carbocycles. The number of aliphatic carboxylic acids is 1. The van der Waals surface area contributed by atoms with Gasteiger partial charge in [0.1, 0.15) is 0 Å². The number of hydrogen-bond acceptors (Lipinski definition) is 3. The Hall–Kier alpha value is -1.07. The molecule has 2 rings (SSSR count). The second kappa shape index (κ2) is 6.36. The molecule has 5 nitrogen and oxygen atoms in total. The normalized spacial score (nSPS) is 22.9. The zero-order valence-electron chi connectivity index (χ0n) is 13.0. The minimum Gasteiger partial charge on any atom is -0.481 e. The standard InChI is InChI=1S/C15H24ClN3O2/c1-4-11-13(16)12(19(6-3)17-11)9-18-8-7-15(5-2,10-18)14(20)21/h4-10H2,1-3H3,(H,20,21). The van der Waals surface area contributed by atoms with Gasteiger partial charge in [-0.05, 0) is 32.7 Å². The molecule has 0 bridgehead atoms. The lowest BCUT2D eigenvalue weighted by Gasteiger charge is -2.23. The fraction of sp³-hybridized carbons (Fsp3) is 0.733. The number of likely N-dealkylation sites (tertiary alicyclic amines) is 1. The number of rotatable bonds is 6. The van der Waals surface area contributed by atoms with Crippen molar-refractivity contribution in [2.24, 2.45) is 5.41 Å². The van der Waals surface area contributed by atoms with Gasteiger partial charge in [0.25, 0.3) is 0 Å². The Morgan fingerprint density at radius 1 is 1.43 bits per heavy atom. The van der Waals surface area contributed by atoms with Crippen LogP contribution in [0.3, 0.4) is 0 Å². The van der Waals surface area contributed by atoms with Gasteiger partial charge >= 0.3 is 5.97 Å². The Morgan fingerprint density at radius 3 is 2.62 bits per heavy atom. The van der Waals surface area contributed by atoms with Gasteiger partial charge in [0.15, 0.2) is 0 Å². The van der Waals surface area contributed by atoms with Crippen molar-refractivity contribution in [2.45, 2.75) is 53.1 Å². The fourth-order valence-electron chi connectivity index (χ4n) is 3.09. The summed E-state index contributed by atoms with van der Waals surface area (Å²) < 4.78 is 1.94. The van der Waals surface area contributed by atoms with E-state index in [4.69, 9.17) is 11.6 Å². The van der Waals surface area contributed by atoms with E-state index >= 15 is 0 Å². The number of carboxylic acid groups (broad SMARTS) is 1. The van der Waals surface area contributed by atoms with Crippen molar-refractivity contribution < 1.29 is 9.90 Å². The van der Waals surface area contributed by atoms with E-state index in [2.05, 4.69) is 10.00 Å². The summed E-state index contributed by atoms with van der Waals surface area (Å²) in [6.45, 7) is 8.88. The number of nitrogens with zero attached hydrogens (tertiary/aromatic N) is 3. The highest BCUT2D eigenvalue weighted by molar-refractivity contribution is 6.31. The fourth-order valence-corrected chi connectivity index (χ4v) is 3.42. The van der Waals surface area contributed by atoms with Gasteiger partial charge < -0.3 is 5.11 Å². The van der Waals surface area contributed by atoms with Gasteiger partial charge in [-0.1, -0.05) is 25.4 Å². The predicted octanol–water partition coefficient (Wildman–Crippen LogP) is 2.81. The molecule has 1 aromatic heterocycles. The maximum absolute atomic E-state index is 11.5. The van der Waals surface area contributed by atoms with Crippen molar-refractivity contribution in [2.75, 3.05) is 13.1 Å². The molecule has 2 heterocycles.